The molecule has 0 spiro atoms. The maximum absolute atomic E-state index is 5.67. The third kappa shape index (κ3) is 2.19. The maximum atomic E-state index is 5.67. The molecule has 1 aliphatic heterocycles. The van der Waals surface area contributed by atoms with E-state index in [9.17, 15) is 0 Å². The Bertz CT molecular complexity index is 452. The molecule has 1 aromatic rings. The Morgan fingerprint density at radius 1 is 1.17 bits per heavy atom. The predicted molar refractivity (Wildman–Crippen MR) is 71.5 cm³/mol. The maximum Gasteiger partial charge on any atom is 0.161 e. The zero-order valence-electron chi connectivity index (χ0n) is 11.2. The molecule has 18 heavy (non-hydrogen) atoms. The number of ether oxygens (including phenoxy) is 2. The van der Waals surface area contributed by atoms with Crippen molar-refractivity contribution < 1.29 is 9.47 Å². The van der Waals surface area contributed by atoms with E-state index < -0.39 is 0 Å². The van der Waals surface area contributed by atoms with Crippen molar-refractivity contribution in [3.63, 3.8) is 0 Å². The molecule has 3 nitrogen and oxygen atoms in total. The Morgan fingerprint density at radius 3 is 2.44 bits per heavy atom. The summed E-state index contributed by atoms with van der Waals surface area (Å²) >= 11 is 0. The third-order valence-electron chi connectivity index (χ3n) is 4.08. The van der Waals surface area contributed by atoms with E-state index in [1.165, 1.54) is 24.0 Å². The van der Waals surface area contributed by atoms with Crippen LogP contribution in [0.3, 0.4) is 0 Å². The first-order valence-corrected chi connectivity index (χ1v) is 6.76. The molecule has 1 fully saturated rings. The summed E-state index contributed by atoms with van der Waals surface area (Å²) < 4.78 is 11.3. The Morgan fingerprint density at radius 2 is 1.83 bits per heavy atom. The van der Waals surface area contributed by atoms with Gasteiger partial charge < -0.3 is 14.8 Å². The average Bonchev–Trinajstić information content (AvgIpc) is 3.10. The molecule has 1 aliphatic carbocycles. The summed E-state index contributed by atoms with van der Waals surface area (Å²) in [6.45, 7) is 4.61. The molecule has 1 heterocycles. The van der Waals surface area contributed by atoms with Crippen LogP contribution in [-0.4, -0.2) is 26.8 Å². The van der Waals surface area contributed by atoms with E-state index in [1.807, 2.05) is 7.05 Å². The molecule has 3 rings (SSSR count). The minimum atomic E-state index is 0.489. The number of fused-ring (bicyclic) bond motifs is 1. The van der Waals surface area contributed by atoms with Crippen molar-refractivity contribution in [1.82, 2.24) is 5.32 Å². The van der Waals surface area contributed by atoms with Gasteiger partial charge in [-0.3, -0.25) is 0 Å². The van der Waals surface area contributed by atoms with Crippen LogP contribution < -0.4 is 14.8 Å². The van der Waals surface area contributed by atoms with Gasteiger partial charge in [0, 0.05) is 6.54 Å². The number of hydrogen-bond acceptors (Lipinski definition) is 3. The molecule has 0 radical (unpaired) electrons. The van der Waals surface area contributed by atoms with Crippen LogP contribution in [0.4, 0.5) is 0 Å². The van der Waals surface area contributed by atoms with Crippen molar-refractivity contribution >= 4 is 0 Å². The van der Waals surface area contributed by atoms with Crippen LogP contribution >= 0.6 is 0 Å². The number of aryl methyl sites for hydroxylation is 1. The molecule has 1 N–H and O–H groups in total. The first-order valence-electron chi connectivity index (χ1n) is 6.76. The van der Waals surface area contributed by atoms with Gasteiger partial charge >= 0.3 is 0 Å². The van der Waals surface area contributed by atoms with Gasteiger partial charge in [0.25, 0.3) is 0 Å². The van der Waals surface area contributed by atoms with Gasteiger partial charge in [0.2, 0.25) is 0 Å². The van der Waals surface area contributed by atoms with E-state index in [4.69, 9.17) is 9.47 Å². The van der Waals surface area contributed by atoms with Gasteiger partial charge in [0.1, 0.15) is 13.2 Å². The number of rotatable bonds is 4. The minimum Gasteiger partial charge on any atom is -0.486 e. The molecule has 2 aliphatic rings. The molecule has 1 saturated carbocycles. The van der Waals surface area contributed by atoms with Gasteiger partial charge in [-0.1, -0.05) is 0 Å². The lowest BCUT2D eigenvalue weighted by Crippen LogP contribution is -2.22. The summed E-state index contributed by atoms with van der Waals surface area (Å²) in [5.41, 5.74) is 3.22. The van der Waals surface area contributed by atoms with Gasteiger partial charge in [-0.05, 0) is 61.9 Å². The Labute approximate surface area is 108 Å². The van der Waals surface area contributed by atoms with Crippen LogP contribution in [-0.2, 0) is 6.42 Å². The van der Waals surface area contributed by atoms with E-state index in [0.717, 1.165) is 24.5 Å². The molecule has 0 amide bonds. The Hall–Kier alpha value is -1.22. The monoisotopic (exact) mass is 247 g/mol. The van der Waals surface area contributed by atoms with Crippen molar-refractivity contribution in [1.29, 1.82) is 0 Å². The zero-order chi connectivity index (χ0) is 12.6. The summed E-state index contributed by atoms with van der Waals surface area (Å²) in [7, 11) is 2.04. The van der Waals surface area contributed by atoms with Crippen molar-refractivity contribution in [3.8, 4) is 11.5 Å². The first kappa shape index (κ1) is 11.8. The fourth-order valence-electron chi connectivity index (χ4n) is 2.79. The second-order valence-corrected chi connectivity index (χ2v) is 5.63. The highest BCUT2D eigenvalue weighted by Gasteiger charge is 2.42. The summed E-state index contributed by atoms with van der Waals surface area (Å²) in [4.78, 5) is 0. The number of benzene rings is 1. The lowest BCUT2D eigenvalue weighted by atomic mass is 9.93. The van der Waals surface area contributed by atoms with E-state index in [-0.39, 0.29) is 0 Å². The van der Waals surface area contributed by atoms with Gasteiger partial charge in [-0.25, -0.2) is 0 Å². The lowest BCUT2D eigenvalue weighted by molar-refractivity contribution is 0.171. The summed E-state index contributed by atoms with van der Waals surface area (Å²) in [5.74, 6) is 1.82. The predicted octanol–water partition coefficient (Wildman–Crippen LogP) is 2.31. The van der Waals surface area contributed by atoms with E-state index in [2.05, 4.69) is 24.4 Å². The minimum absolute atomic E-state index is 0.489. The highest BCUT2D eigenvalue weighted by molar-refractivity contribution is 5.48. The topological polar surface area (TPSA) is 30.5 Å². The van der Waals surface area contributed by atoms with Gasteiger partial charge in [-0.2, -0.15) is 0 Å². The van der Waals surface area contributed by atoms with Gasteiger partial charge in [0.05, 0.1) is 0 Å². The first-order chi connectivity index (χ1) is 8.72. The van der Waals surface area contributed by atoms with E-state index in [0.29, 0.717) is 18.6 Å². The highest BCUT2D eigenvalue weighted by atomic mass is 16.6. The molecule has 98 valence electrons. The lowest BCUT2D eigenvalue weighted by Gasteiger charge is -2.22. The fraction of sp³-hybridized carbons (Fsp3) is 0.600. The molecule has 1 aromatic carbocycles. The van der Waals surface area contributed by atoms with Crippen molar-refractivity contribution in [2.45, 2.75) is 26.2 Å². The molecular weight excluding hydrogens is 226 g/mol. The van der Waals surface area contributed by atoms with Crippen LogP contribution in [0.5, 0.6) is 11.5 Å². The van der Waals surface area contributed by atoms with Crippen LogP contribution in [0.1, 0.15) is 24.0 Å². The van der Waals surface area contributed by atoms with Gasteiger partial charge in [0.15, 0.2) is 11.5 Å². The largest absolute Gasteiger partial charge is 0.486 e. The fourth-order valence-corrected chi connectivity index (χ4v) is 2.79. The molecular formula is C15H21NO2. The standard InChI is InChI=1S/C15H21NO2/c1-11-7-13-14(18-6-5-17-13)8-12(11)9-15(3-4-15)10-16-2/h7-8,16H,3-6,9-10H2,1-2H3. The van der Waals surface area contributed by atoms with E-state index in [1.54, 1.807) is 0 Å². The van der Waals surface area contributed by atoms with Crippen molar-refractivity contribution in [2.75, 3.05) is 26.8 Å². The molecule has 0 aromatic heterocycles. The molecule has 3 heteroatoms. The van der Waals surface area contributed by atoms with Crippen LogP contribution in [0.2, 0.25) is 0 Å². The summed E-state index contributed by atoms with van der Waals surface area (Å²) in [5, 5.41) is 3.32. The van der Waals surface area contributed by atoms with Crippen LogP contribution in [0, 0.1) is 12.3 Å². The van der Waals surface area contributed by atoms with E-state index >= 15 is 0 Å². The molecule has 0 unspecified atom stereocenters. The summed E-state index contributed by atoms with van der Waals surface area (Å²) in [6.07, 6.45) is 3.82. The number of hydrogen-bond donors (Lipinski definition) is 1. The Kier molecular flexibility index (Phi) is 2.94. The quantitative estimate of drug-likeness (QED) is 0.885. The molecule has 0 saturated heterocycles. The molecule has 0 bridgehead atoms. The third-order valence-corrected chi connectivity index (χ3v) is 4.08. The SMILES string of the molecule is CNCC1(Cc2cc3c(cc2C)OCCO3)CC1. The van der Waals surface area contributed by atoms with Crippen molar-refractivity contribution in [3.05, 3.63) is 23.3 Å². The Balaban J connectivity index is 1.83. The summed E-state index contributed by atoms with van der Waals surface area (Å²) in [6, 6.07) is 4.30. The highest BCUT2D eigenvalue weighted by Crippen LogP contribution is 2.49. The normalized spacial score (nSPS) is 19.7. The smallest absolute Gasteiger partial charge is 0.161 e. The average molecular weight is 247 g/mol. The van der Waals surface area contributed by atoms with Crippen molar-refractivity contribution in [2.24, 2.45) is 5.41 Å². The zero-order valence-corrected chi connectivity index (χ0v) is 11.2. The second kappa shape index (κ2) is 4.47. The van der Waals surface area contributed by atoms with Crippen LogP contribution in [0.15, 0.2) is 12.1 Å². The molecule has 0 atom stereocenters. The van der Waals surface area contributed by atoms with Gasteiger partial charge in [-0.15, -0.1) is 0 Å². The van der Waals surface area contributed by atoms with Crippen LogP contribution in [0.25, 0.3) is 0 Å². The number of nitrogens with one attached hydrogen (secondary N) is 1. The second-order valence-electron chi connectivity index (χ2n) is 5.63.